The number of hydrogen-bond acceptors (Lipinski definition) is 15. The molecule has 0 spiro atoms. The van der Waals surface area contributed by atoms with E-state index in [1.54, 1.807) is 0 Å². The molecular formula is C54H94O15. The molecular weight excluding hydrogens is 889 g/mol. The number of aliphatic hydroxyl groups is 7. The molecule has 11 atom stereocenters. The summed E-state index contributed by atoms with van der Waals surface area (Å²) in [6, 6.07) is 0. The summed E-state index contributed by atoms with van der Waals surface area (Å²) in [7, 11) is 0. The van der Waals surface area contributed by atoms with Crippen LogP contribution in [-0.4, -0.2) is 142 Å². The summed E-state index contributed by atoms with van der Waals surface area (Å²) in [4.78, 5) is 25.8. The lowest BCUT2D eigenvalue weighted by molar-refractivity contribution is -0.332. The summed E-state index contributed by atoms with van der Waals surface area (Å²) in [6.07, 6.45) is 28.7. The van der Waals surface area contributed by atoms with Crippen LogP contribution in [0.2, 0.25) is 0 Å². The van der Waals surface area contributed by atoms with Crippen molar-refractivity contribution >= 4 is 11.9 Å². The van der Waals surface area contributed by atoms with Crippen LogP contribution in [-0.2, 0) is 38.0 Å². The molecule has 15 heteroatoms. The molecule has 2 heterocycles. The van der Waals surface area contributed by atoms with Gasteiger partial charge in [0, 0.05) is 12.8 Å². The molecule has 5 unspecified atom stereocenters. The highest BCUT2D eigenvalue weighted by atomic mass is 16.7. The largest absolute Gasteiger partial charge is 0.462 e. The fourth-order valence-electron chi connectivity index (χ4n) is 8.29. The Morgan fingerprint density at radius 2 is 0.913 bits per heavy atom. The van der Waals surface area contributed by atoms with Gasteiger partial charge in [-0.25, -0.2) is 0 Å². The summed E-state index contributed by atoms with van der Waals surface area (Å²) in [5.74, 6) is -0.967. The van der Waals surface area contributed by atoms with Crippen molar-refractivity contribution < 1.29 is 73.8 Å². The quantitative estimate of drug-likeness (QED) is 0.0176. The van der Waals surface area contributed by atoms with Crippen molar-refractivity contribution in [2.75, 3.05) is 26.4 Å². The van der Waals surface area contributed by atoms with Crippen molar-refractivity contribution in [1.82, 2.24) is 0 Å². The number of unbranched alkanes of at least 4 members (excludes halogenated alkanes) is 22. The van der Waals surface area contributed by atoms with E-state index in [0.29, 0.717) is 12.8 Å². The molecule has 2 aliphatic rings. The van der Waals surface area contributed by atoms with Crippen molar-refractivity contribution in [3.8, 4) is 0 Å². The van der Waals surface area contributed by atoms with Gasteiger partial charge in [-0.15, -0.1) is 0 Å². The van der Waals surface area contributed by atoms with E-state index in [1.165, 1.54) is 103 Å². The van der Waals surface area contributed by atoms with Crippen LogP contribution in [0, 0.1) is 0 Å². The predicted octanol–water partition coefficient (Wildman–Crippen LogP) is 7.88. The van der Waals surface area contributed by atoms with E-state index in [-0.39, 0.29) is 19.4 Å². The molecule has 0 amide bonds. The number of carbonyl (C=O) groups is 2. The van der Waals surface area contributed by atoms with Gasteiger partial charge >= 0.3 is 11.9 Å². The van der Waals surface area contributed by atoms with Gasteiger partial charge in [-0.2, -0.15) is 0 Å². The van der Waals surface area contributed by atoms with Crippen LogP contribution in [0.15, 0.2) is 48.6 Å². The van der Waals surface area contributed by atoms with Crippen LogP contribution >= 0.6 is 0 Å². The second-order valence-electron chi connectivity index (χ2n) is 18.8. The normalized spacial score (nSPS) is 25.9. The monoisotopic (exact) mass is 983 g/mol. The molecule has 2 rings (SSSR count). The van der Waals surface area contributed by atoms with Crippen LogP contribution in [0.1, 0.15) is 187 Å². The van der Waals surface area contributed by atoms with Crippen molar-refractivity contribution in [2.24, 2.45) is 0 Å². The van der Waals surface area contributed by atoms with E-state index in [1.807, 2.05) is 36.5 Å². The third-order valence-corrected chi connectivity index (χ3v) is 12.7. The SMILES string of the molecule is CC/C=C/C=C/C=C/C=C/CCCCCC(=O)OC(COC(=O)CCCCCCCCCCCCCCCCCCCCCC)CO[C@@H]1O[C@H](CO[C@@H]2O[C@H](CO)[C@H](O)C(O)C2O)[C@H](O)C(O)C1O. The zero-order valence-electron chi connectivity index (χ0n) is 42.3. The highest BCUT2D eigenvalue weighted by molar-refractivity contribution is 5.70. The number of hydrogen-bond donors (Lipinski definition) is 7. The zero-order valence-corrected chi connectivity index (χ0v) is 42.3. The van der Waals surface area contributed by atoms with Gasteiger partial charge in [0.25, 0.3) is 0 Å². The average molecular weight is 983 g/mol. The Labute approximate surface area is 414 Å². The first kappa shape index (κ1) is 62.6. The summed E-state index contributed by atoms with van der Waals surface area (Å²) >= 11 is 0. The third kappa shape index (κ3) is 28.9. The summed E-state index contributed by atoms with van der Waals surface area (Å²) in [6.45, 7) is 2.42. The van der Waals surface area contributed by atoms with E-state index in [9.17, 15) is 45.3 Å². The van der Waals surface area contributed by atoms with Crippen LogP contribution in [0.5, 0.6) is 0 Å². The smallest absolute Gasteiger partial charge is 0.306 e. The molecule has 400 valence electrons. The summed E-state index contributed by atoms with van der Waals surface area (Å²) in [5, 5.41) is 72.1. The molecule has 69 heavy (non-hydrogen) atoms. The minimum absolute atomic E-state index is 0.119. The average Bonchev–Trinajstić information content (AvgIpc) is 3.34. The second-order valence-corrected chi connectivity index (χ2v) is 18.8. The molecule has 7 N–H and O–H groups in total. The van der Waals surface area contributed by atoms with Crippen LogP contribution in [0.3, 0.4) is 0 Å². The maximum Gasteiger partial charge on any atom is 0.306 e. The predicted molar refractivity (Wildman–Crippen MR) is 266 cm³/mol. The van der Waals surface area contributed by atoms with E-state index in [0.717, 1.165) is 44.9 Å². The van der Waals surface area contributed by atoms with Gasteiger partial charge < -0.3 is 64.2 Å². The van der Waals surface area contributed by atoms with Crippen LogP contribution in [0.4, 0.5) is 0 Å². The number of carbonyl (C=O) groups excluding carboxylic acids is 2. The fourth-order valence-corrected chi connectivity index (χ4v) is 8.29. The number of rotatable bonds is 41. The molecule has 0 aliphatic carbocycles. The van der Waals surface area contributed by atoms with Gasteiger partial charge in [0.15, 0.2) is 18.7 Å². The van der Waals surface area contributed by atoms with Gasteiger partial charge in [0.2, 0.25) is 0 Å². The molecule has 0 bridgehead atoms. The van der Waals surface area contributed by atoms with Crippen molar-refractivity contribution in [1.29, 1.82) is 0 Å². The van der Waals surface area contributed by atoms with E-state index in [4.69, 9.17) is 28.4 Å². The maximum absolute atomic E-state index is 13.0. The number of esters is 2. The first-order valence-electron chi connectivity index (χ1n) is 26.8. The lowest BCUT2D eigenvalue weighted by atomic mass is 9.98. The number of aliphatic hydroxyl groups excluding tert-OH is 7. The first-order valence-corrected chi connectivity index (χ1v) is 26.8. The topological polar surface area (TPSA) is 231 Å². The first-order chi connectivity index (χ1) is 33.5. The van der Waals surface area contributed by atoms with Gasteiger partial charge in [-0.1, -0.05) is 191 Å². The lowest BCUT2D eigenvalue weighted by Gasteiger charge is -2.42. The zero-order chi connectivity index (χ0) is 50.3. The Kier molecular flexibility index (Phi) is 37.2. The van der Waals surface area contributed by atoms with Crippen molar-refractivity contribution in [3.63, 3.8) is 0 Å². The molecule has 2 fully saturated rings. The van der Waals surface area contributed by atoms with Gasteiger partial charge in [-0.05, 0) is 32.1 Å². The molecule has 0 aromatic rings. The maximum atomic E-state index is 13.0. The molecule has 0 aromatic heterocycles. The fraction of sp³-hybridized carbons (Fsp3) is 0.815. The molecule has 2 saturated heterocycles. The summed E-state index contributed by atoms with van der Waals surface area (Å²) in [5.41, 5.74) is 0. The molecule has 15 nitrogen and oxygen atoms in total. The highest BCUT2D eigenvalue weighted by Gasteiger charge is 2.47. The van der Waals surface area contributed by atoms with Gasteiger partial charge in [-0.3, -0.25) is 9.59 Å². The number of ether oxygens (including phenoxy) is 6. The van der Waals surface area contributed by atoms with E-state index < -0.39 is 99.3 Å². The minimum Gasteiger partial charge on any atom is -0.462 e. The molecule has 0 radical (unpaired) electrons. The Morgan fingerprint density at radius 1 is 0.478 bits per heavy atom. The Bertz CT molecular complexity index is 1390. The van der Waals surface area contributed by atoms with E-state index in [2.05, 4.69) is 26.0 Å². The third-order valence-electron chi connectivity index (χ3n) is 12.7. The van der Waals surface area contributed by atoms with Crippen LogP contribution in [0.25, 0.3) is 0 Å². The second kappa shape index (κ2) is 41.0. The van der Waals surface area contributed by atoms with Crippen molar-refractivity contribution in [3.05, 3.63) is 48.6 Å². The highest BCUT2D eigenvalue weighted by Crippen LogP contribution is 2.26. The van der Waals surface area contributed by atoms with E-state index >= 15 is 0 Å². The molecule has 0 aromatic carbocycles. The number of allylic oxidation sites excluding steroid dienone is 8. The van der Waals surface area contributed by atoms with Crippen molar-refractivity contribution in [2.45, 2.75) is 255 Å². The van der Waals surface area contributed by atoms with Gasteiger partial charge in [0.1, 0.15) is 55.4 Å². The summed E-state index contributed by atoms with van der Waals surface area (Å²) < 4.78 is 33.5. The molecule has 2 aliphatic heterocycles. The Morgan fingerprint density at radius 3 is 1.43 bits per heavy atom. The standard InChI is InChI=1S/C54H94O15/c1-3-5-7-9-11-13-15-17-18-19-20-21-22-23-25-26-28-30-32-34-36-45(56)64-39-42(67-46(57)37-35-33-31-29-27-24-16-14-12-10-8-6-4-2)40-65-53-52(63)50(61)48(59)44(69-53)41-66-54-51(62)49(60)47(58)43(38-55)68-54/h6,8,10,12,14,16,24,27,42-44,47-55,58-63H,3-5,7,9,11,13,15,17-23,25-26,28-41H2,1-2H3/b8-6+,12-10+,16-14+,27-24+/t42?,43-,44-,47+,48+,49?,50?,51?,52?,53-,54-/m1/s1. The Hall–Kier alpha value is -2.54. The minimum atomic E-state index is -1.77. The Balaban J connectivity index is 1.77. The lowest BCUT2D eigenvalue weighted by Crippen LogP contribution is -2.61. The van der Waals surface area contributed by atoms with Gasteiger partial charge in [0.05, 0.1) is 19.8 Å². The molecule has 0 saturated carbocycles. The van der Waals surface area contributed by atoms with Crippen LogP contribution < -0.4 is 0 Å².